The van der Waals surface area contributed by atoms with E-state index in [9.17, 15) is 9.59 Å². The van der Waals surface area contributed by atoms with Gasteiger partial charge in [-0.3, -0.25) is 9.59 Å². The van der Waals surface area contributed by atoms with Crippen molar-refractivity contribution in [2.24, 2.45) is 0 Å². The molecule has 0 fully saturated rings. The van der Waals surface area contributed by atoms with Gasteiger partial charge < -0.3 is 4.98 Å². The van der Waals surface area contributed by atoms with Gasteiger partial charge in [-0.05, 0) is 13.8 Å². The SMILES string of the molecule is CC(=O)c1nc(C)[nH]c(=O)c1C. The first-order chi connectivity index (χ1) is 5.52. The Morgan fingerprint density at radius 2 is 2.00 bits per heavy atom. The van der Waals surface area contributed by atoms with Crippen molar-refractivity contribution in [3.05, 3.63) is 27.4 Å². The summed E-state index contributed by atoms with van der Waals surface area (Å²) in [4.78, 5) is 28.5. The lowest BCUT2D eigenvalue weighted by molar-refractivity contribution is 0.101. The fourth-order valence-electron chi connectivity index (χ4n) is 0.988. The number of nitrogens with zero attached hydrogens (tertiary/aromatic N) is 1. The Hall–Kier alpha value is -1.45. The predicted octanol–water partition coefficient (Wildman–Crippen LogP) is 0.589. The van der Waals surface area contributed by atoms with E-state index in [-0.39, 0.29) is 17.0 Å². The zero-order chi connectivity index (χ0) is 9.30. The Morgan fingerprint density at radius 1 is 1.42 bits per heavy atom. The van der Waals surface area contributed by atoms with Gasteiger partial charge in [0.05, 0.1) is 0 Å². The standard InChI is InChI=1S/C8H10N2O2/c1-4-7(5(2)11)9-6(3)10-8(4)12/h1-3H3,(H,9,10,12). The lowest BCUT2D eigenvalue weighted by atomic mass is 10.2. The van der Waals surface area contributed by atoms with Crippen LogP contribution in [0, 0.1) is 13.8 Å². The second-order valence-electron chi connectivity index (χ2n) is 2.68. The maximum Gasteiger partial charge on any atom is 0.254 e. The Labute approximate surface area is 69.7 Å². The smallest absolute Gasteiger partial charge is 0.254 e. The van der Waals surface area contributed by atoms with Crippen LogP contribution in [0.25, 0.3) is 0 Å². The summed E-state index contributed by atoms with van der Waals surface area (Å²) in [7, 11) is 0. The van der Waals surface area contributed by atoms with E-state index in [1.807, 2.05) is 0 Å². The van der Waals surface area contributed by atoms with Gasteiger partial charge in [0.15, 0.2) is 5.78 Å². The molecular formula is C8H10N2O2. The van der Waals surface area contributed by atoms with Crippen LogP contribution in [0.15, 0.2) is 4.79 Å². The number of Topliss-reactive ketones (excluding diaryl/α,β-unsaturated/α-hetero) is 1. The third-order valence-corrected chi connectivity index (χ3v) is 1.60. The van der Waals surface area contributed by atoms with E-state index in [0.29, 0.717) is 11.4 Å². The van der Waals surface area contributed by atoms with Gasteiger partial charge in [0.1, 0.15) is 11.5 Å². The molecule has 4 nitrogen and oxygen atoms in total. The van der Waals surface area contributed by atoms with Crippen molar-refractivity contribution < 1.29 is 4.79 Å². The van der Waals surface area contributed by atoms with Crippen LogP contribution < -0.4 is 5.56 Å². The minimum atomic E-state index is -0.243. The summed E-state index contributed by atoms with van der Waals surface area (Å²) in [6, 6.07) is 0. The first kappa shape index (κ1) is 8.64. The van der Waals surface area contributed by atoms with Crippen LogP contribution >= 0.6 is 0 Å². The number of H-pyrrole nitrogens is 1. The van der Waals surface area contributed by atoms with Gasteiger partial charge in [-0.2, -0.15) is 0 Å². The second-order valence-corrected chi connectivity index (χ2v) is 2.68. The summed E-state index contributed by atoms with van der Waals surface area (Å²) in [5.41, 5.74) is 0.400. The molecule has 0 saturated heterocycles. The summed E-state index contributed by atoms with van der Waals surface area (Å²) in [6.07, 6.45) is 0. The van der Waals surface area contributed by atoms with E-state index in [4.69, 9.17) is 0 Å². The van der Waals surface area contributed by atoms with Crippen molar-refractivity contribution in [2.45, 2.75) is 20.8 Å². The number of rotatable bonds is 1. The number of hydrogen-bond acceptors (Lipinski definition) is 3. The molecule has 0 bridgehead atoms. The Kier molecular flexibility index (Phi) is 2.08. The zero-order valence-electron chi connectivity index (χ0n) is 7.26. The van der Waals surface area contributed by atoms with E-state index in [1.54, 1.807) is 13.8 Å². The maximum atomic E-state index is 11.1. The fourth-order valence-corrected chi connectivity index (χ4v) is 0.988. The van der Waals surface area contributed by atoms with Crippen LogP contribution in [-0.2, 0) is 0 Å². The maximum absolute atomic E-state index is 11.1. The van der Waals surface area contributed by atoms with Crippen LogP contribution in [-0.4, -0.2) is 15.8 Å². The molecular weight excluding hydrogens is 156 g/mol. The third-order valence-electron chi connectivity index (χ3n) is 1.60. The van der Waals surface area contributed by atoms with E-state index in [0.717, 1.165) is 0 Å². The molecule has 1 N–H and O–H groups in total. The highest BCUT2D eigenvalue weighted by molar-refractivity contribution is 5.93. The molecule has 0 amide bonds. The molecule has 0 spiro atoms. The van der Waals surface area contributed by atoms with Gasteiger partial charge in [0.25, 0.3) is 5.56 Å². The summed E-state index contributed by atoms with van der Waals surface area (Å²) in [5.74, 6) is 0.289. The third kappa shape index (κ3) is 1.42. The molecule has 1 aromatic heterocycles. The molecule has 0 radical (unpaired) electrons. The van der Waals surface area contributed by atoms with Gasteiger partial charge in [-0.25, -0.2) is 4.98 Å². The molecule has 12 heavy (non-hydrogen) atoms. The van der Waals surface area contributed by atoms with Crippen molar-refractivity contribution in [3.8, 4) is 0 Å². The molecule has 0 aromatic carbocycles. The molecule has 0 aliphatic rings. The molecule has 4 heteroatoms. The Balaban J connectivity index is 3.48. The Morgan fingerprint density at radius 3 is 2.50 bits per heavy atom. The highest BCUT2D eigenvalue weighted by Crippen LogP contribution is 1.99. The Bertz CT molecular complexity index is 379. The van der Waals surface area contributed by atoms with Crippen LogP contribution in [0.4, 0.5) is 0 Å². The molecule has 0 atom stereocenters. The topological polar surface area (TPSA) is 62.8 Å². The van der Waals surface area contributed by atoms with Crippen molar-refractivity contribution in [1.29, 1.82) is 0 Å². The zero-order valence-corrected chi connectivity index (χ0v) is 7.26. The number of aromatic amines is 1. The van der Waals surface area contributed by atoms with Crippen LogP contribution in [0.1, 0.15) is 28.8 Å². The first-order valence-corrected chi connectivity index (χ1v) is 3.61. The minimum Gasteiger partial charge on any atom is -0.311 e. The molecule has 1 rings (SSSR count). The summed E-state index contributed by atoms with van der Waals surface area (Å²) in [6.45, 7) is 4.63. The molecule has 0 saturated carbocycles. The van der Waals surface area contributed by atoms with Crippen LogP contribution in [0.2, 0.25) is 0 Å². The highest BCUT2D eigenvalue weighted by Gasteiger charge is 2.08. The highest BCUT2D eigenvalue weighted by atomic mass is 16.1. The average Bonchev–Trinajstić information content (AvgIpc) is 1.96. The quantitative estimate of drug-likeness (QED) is 0.621. The number of carbonyl (C=O) groups excluding carboxylic acids is 1. The summed E-state index contributed by atoms with van der Waals surface area (Å²) >= 11 is 0. The van der Waals surface area contributed by atoms with Gasteiger partial charge in [-0.15, -0.1) is 0 Å². The van der Waals surface area contributed by atoms with Crippen molar-refractivity contribution >= 4 is 5.78 Å². The normalized spacial score (nSPS) is 9.92. The van der Waals surface area contributed by atoms with Gasteiger partial charge in [-0.1, -0.05) is 0 Å². The van der Waals surface area contributed by atoms with Crippen molar-refractivity contribution in [1.82, 2.24) is 9.97 Å². The molecule has 1 aromatic rings. The van der Waals surface area contributed by atoms with Gasteiger partial charge >= 0.3 is 0 Å². The lowest BCUT2D eigenvalue weighted by Crippen LogP contribution is -2.18. The van der Waals surface area contributed by atoms with Crippen LogP contribution in [0.3, 0.4) is 0 Å². The fraction of sp³-hybridized carbons (Fsp3) is 0.375. The number of ketones is 1. The number of aryl methyl sites for hydroxylation is 1. The summed E-state index contributed by atoms with van der Waals surface area (Å²) < 4.78 is 0. The predicted molar refractivity (Wildman–Crippen MR) is 44.3 cm³/mol. The first-order valence-electron chi connectivity index (χ1n) is 3.61. The lowest BCUT2D eigenvalue weighted by Gasteiger charge is -2.00. The summed E-state index contributed by atoms with van der Waals surface area (Å²) in [5, 5.41) is 0. The monoisotopic (exact) mass is 166 g/mol. The van der Waals surface area contributed by atoms with E-state index < -0.39 is 0 Å². The number of nitrogens with one attached hydrogen (secondary N) is 1. The van der Waals surface area contributed by atoms with Gasteiger partial charge in [0, 0.05) is 12.5 Å². The number of aromatic nitrogens is 2. The van der Waals surface area contributed by atoms with Crippen LogP contribution in [0.5, 0.6) is 0 Å². The average molecular weight is 166 g/mol. The number of carbonyl (C=O) groups is 1. The molecule has 64 valence electrons. The molecule has 1 heterocycles. The van der Waals surface area contributed by atoms with E-state index >= 15 is 0 Å². The molecule has 0 unspecified atom stereocenters. The minimum absolute atomic E-state index is 0.179. The van der Waals surface area contributed by atoms with E-state index in [1.165, 1.54) is 6.92 Å². The second kappa shape index (κ2) is 2.89. The van der Waals surface area contributed by atoms with Gasteiger partial charge in [0.2, 0.25) is 0 Å². The van der Waals surface area contributed by atoms with E-state index in [2.05, 4.69) is 9.97 Å². The largest absolute Gasteiger partial charge is 0.311 e. The number of hydrogen-bond donors (Lipinski definition) is 1. The van der Waals surface area contributed by atoms with Crippen molar-refractivity contribution in [3.63, 3.8) is 0 Å². The van der Waals surface area contributed by atoms with Crippen molar-refractivity contribution in [2.75, 3.05) is 0 Å². The molecule has 0 aliphatic carbocycles. The molecule has 0 aliphatic heterocycles.